The van der Waals surface area contributed by atoms with Gasteiger partial charge in [0.05, 0.1) is 10.2 Å². The summed E-state index contributed by atoms with van der Waals surface area (Å²) in [6.45, 7) is 2.80. The number of hydrogen-bond donors (Lipinski definition) is 3. The lowest BCUT2D eigenvalue weighted by atomic mass is 10.00. The van der Waals surface area contributed by atoms with Crippen LogP contribution in [0.25, 0.3) is 0 Å². The van der Waals surface area contributed by atoms with Crippen LogP contribution in [0, 0.1) is 0 Å². The average Bonchev–Trinajstić information content (AvgIpc) is 2.56. The van der Waals surface area contributed by atoms with Gasteiger partial charge in [0.15, 0.2) is 6.10 Å². The maximum Gasteiger partial charge on any atom is 0.237 e. The molecule has 0 heterocycles. The molecule has 136 valence electrons. The molecule has 1 aromatic carbocycles. The predicted molar refractivity (Wildman–Crippen MR) is 108 cm³/mol. The Morgan fingerprint density at radius 3 is 2.60 bits per heavy atom. The Morgan fingerprint density at radius 2 is 2.04 bits per heavy atom. The quantitative estimate of drug-likeness (QED) is 0.356. The molecule has 2 atom stereocenters. The Bertz CT molecular complexity index is 774. The van der Waals surface area contributed by atoms with Gasteiger partial charge in [-0.05, 0) is 36.7 Å². The number of nitrogens with two attached hydrogens (primary N) is 1. The standard InChI is InChI=1S/C17H22N2O3S3/c1-2-3-9-19-14-10-12(17(23)24)11-15(25(18,20)21)16(14)22-13-7-5-4-6-8-13/h4-8,10-11,14,16,19H,2-3,9H2,1H3,(H,23,24)(H2,18,20,21). The minimum absolute atomic E-state index is 0.0146. The first-order chi connectivity index (χ1) is 11.8. The van der Waals surface area contributed by atoms with Gasteiger partial charge >= 0.3 is 0 Å². The Morgan fingerprint density at radius 1 is 1.36 bits per heavy atom. The van der Waals surface area contributed by atoms with E-state index in [-0.39, 0.29) is 10.9 Å². The van der Waals surface area contributed by atoms with Crippen molar-refractivity contribution in [2.45, 2.75) is 31.9 Å². The van der Waals surface area contributed by atoms with Crippen LogP contribution in [0.3, 0.4) is 0 Å². The van der Waals surface area contributed by atoms with Crippen LogP contribution in [0.4, 0.5) is 0 Å². The molecule has 3 N–H and O–H groups in total. The molecule has 2 unspecified atom stereocenters. The van der Waals surface area contributed by atoms with Crippen LogP contribution in [0.5, 0.6) is 5.75 Å². The van der Waals surface area contributed by atoms with Gasteiger partial charge in [0, 0.05) is 0 Å². The highest BCUT2D eigenvalue weighted by Gasteiger charge is 2.35. The van der Waals surface area contributed by atoms with E-state index < -0.39 is 16.1 Å². The normalized spacial score (nSPS) is 20.6. The first-order valence-electron chi connectivity index (χ1n) is 7.97. The van der Waals surface area contributed by atoms with Gasteiger partial charge in [-0.1, -0.05) is 49.8 Å². The lowest BCUT2D eigenvalue weighted by Crippen LogP contribution is -2.47. The van der Waals surface area contributed by atoms with Gasteiger partial charge in [-0.3, -0.25) is 0 Å². The summed E-state index contributed by atoms with van der Waals surface area (Å²) in [6.07, 6.45) is 4.48. The second-order valence-electron chi connectivity index (χ2n) is 5.70. The van der Waals surface area contributed by atoms with Crippen LogP contribution < -0.4 is 15.2 Å². The smallest absolute Gasteiger partial charge is 0.237 e. The molecule has 2 rings (SSSR count). The van der Waals surface area contributed by atoms with Gasteiger partial charge in [0.25, 0.3) is 0 Å². The maximum absolute atomic E-state index is 12.1. The molecule has 0 aromatic heterocycles. The number of benzene rings is 1. The number of para-hydroxylation sites is 1. The van der Waals surface area contributed by atoms with Crippen molar-refractivity contribution in [3.8, 4) is 5.75 Å². The van der Waals surface area contributed by atoms with Gasteiger partial charge < -0.3 is 10.1 Å². The zero-order valence-corrected chi connectivity index (χ0v) is 16.4. The fourth-order valence-corrected chi connectivity index (χ4v) is 3.58. The van der Waals surface area contributed by atoms with Crippen molar-refractivity contribution in [1.82, 2.24) is 5.32 Å². The van der Waals surface area contributed by atoms with E-state index in [1.807, 2.05) is 24.3 Å². The summed E-state index contributed by atoms with van der Waals surface area (Å²) in [6, 6.07) is 8.66. The number of hydrogen-bond acceptors (Lipinski definition) is 5. The zero-order chi connectivity index (χ0) is 18.4. The number of unbranched alkanes of at least 4 members (excludes halogenated alkanes) is 1. The minimum atomic E-state index is -3.96. The number of nitrogens with one attached hydrogen (secondary N) is 1. The summed E-state index contributed by atoms with van der Waals surface area (Å²) in [7, 11) is -3.96. The van der Waals surface area contributed by atoms with E-state index in [1.54, 1.807) is 12.1 Å². The van der Waals surface area contributed by atoms with Crippen molar-refractivity contribution >= 4 is 39.1 Å². The third-order valence-electron chi connectivity index (χ3n) is 3.76. The largest absolute Gasteiger partial charge is 0.483 e. The molecular formula is C17H22N2O3S3. The molecule has 5 nitrogen and oxygen atoms in total. The number of rotatable bonds is 8. The van der Waals surface area contributed by atoms with Crippen LogP contribution in [0.2, 0.25) is 0 Å². The van der Waals surface area contributed by atoms with Crippen LogP contribution in [-0.4, -0.2) is 31.3 Å². The second kappa shape index (κ2) is 8.95. The lowest BCUT2D eigenvalue weighted by molar-refractivity contribution is 0.209. The number of thiol groups is 1. The second-order valence-corrected chi connectivity index (χ2v) is 8.42. The zero-order valence-electron chi connectivity index (χ0n) is 13.9. The third kappa shape index (κ3) is 5.65. The van der Waals surface area contributed by atoms with Gasteiger partial charge in [-0.2, -0.15) is 0 Å². The van der Waals surface area contributed by atoms with Crippen LogP contribution in [0.15, 0.2) is 53.0 Å². The Labute approximate surface area is 159 Å². The van der Waals surface area contributed by atoms with E-state index in [1.165, 1.54) is 6.08 Å². The van der Waals surface area contributed by atoms with Crippen LogP contribution >= 0.6 is 24.8 Å². The molecule has 1 aliphatic rings. The van der Waals surface area contributed by atoms with E-state index in [4.69, 9.17) is 22.1 Å². The highest BCUT2D eigenvalue weighted by molar-refractivity contribution is 8.11. The number of primary sulfonamides is 1. The summed E-state index contributed by atoms with van der Waals surface area (Å²) in [5, 5.41) is 8.76. The molecule has 0 spiro atoms. The van der Waals surface area contributed by atoms with Crippen LogP contribution in [-0.2, 0) is 10.0 Å². The van der Waals surface area contributed by atoms with Gasteiger partial charge in [-0.15, -0.1) is 12.6 Å². The summed E-state index contributed by atoms with van der Waals surface area (Å²) >= 11 is 9.27. The first-order valence-corrected chi connectivity index (χ1v) is 10.4. The molecule has 1 aliphatic carbocycles. The average molecular weight is 399 g/mol. The third-order valence-corrected chi connectivity index (χ3v) is 5.26. The molecule has 25 heavy (non-hydrogen) atoms. The molecule has 0 aliphatic heterocycles. The van der Waals surface area contributed by atoms with Crippen molar-refractivity contribution in [1.29, 1.82) is 0 Å². The topological polar surface area (TPSA) is 81.4 Å². The van der Waals surface area contributed by atoms with E-state index >= 15 is 0 Å². The maximum atomic E-state index is 12.1. The lowest BCUT2D eigenvalue weighted by Gasteiger charge is -2.31. The number of thiocarbonyl (C=S) groups is 1. The number of sulfonamides is 1. The summed E-state index contributed by atoms with van der Waals surface area (Å²) < 4.78 is 30.5. The molecule has 0 bridgehead atoms. The fraction of sp³-hybridized carbons (Fsp3) is 0.353. The van der Waals surface area contributed by atoms with E-state index in [0.29, 0.717) is 15.5 Å². The van der Waals surface area contributed by atoms with Crippen molar-refractivity contribution in [3.63, 3.8) is 0 Å². The molecule has 1 aromatic rings. The summed E-state index contributed by atoms with van der Waals surface area (Å²) in [5.74, 6) is 0.564. The minimum Gasteiger partial charge on any atom is -0.483 e. The van der Waals surface area contributed by atoms with Gasteiger partial charge in [0.1, 0.15) is 10.7 Å². The fourth-order valence-electron chi connectivity index (χ4n) is 2.51. The van der Waals surface area contributed by atoms with E-state index in [2.05, 4.69) is 24.9 Å². The molecule has 0 radical (unpaired) electrons. The highest BCUT2D eigenvalue weighted by Crippen LogP contribution is 2.27. The molecule has 8 heteroatoms. The van der Waals surface area contributed by atoms with E-state index in [0.717, 1.165) is 19.4 Å². The first kappa shape index (κ1) is 20.1. The van der Waals surface area contributed by atoms with Crippen LogP contribution in [0.1, 0.15) is 19.8 Å². The number of allylic oxidation sites excluding steroid dienone is 1. The highest BCUT2D eigenvalue weighted by atomic mass is 32.2. The molecule has 0 fully saturated rings. The van der Waals surface area contributed by atoms with Crippen molar-refractivity contribution in [3.05, 3.63) is 53.0 Å². The Balaban J connectivity index is 2.40. The monoisotopic (exact) mass is 398 g/mol. The van der Waals surface area contributed by atoms with Crippen molar-refractivity contribution in [2.24, 2.45) is 5.14 Å². The molecule has 0 saturated carbocycles. The molecular weight excluding hydrogens is 376 g/mol. The SMILES string of the molecule is CCCCNC1C=C(C(=S)S)C=C(S(N)(=O)=O)C1Oc1ccccc1. The summed E-state index contributed by atoms with van der Waals surface area (Å²) in [4.78, 5) is -0.0146. The van der Waals surface area contributed by atoms with E-state index in [9.17, 15) is 8.42 Å². The van der Waals surface area contributed by atoms with Gasteiger partial charge in [0.2, 0.25) is 10.0 Å². The van der Waals surface area contributed by atoms with Crippen molar-refractivity contribution in [2.75, 3.05) is 6.54 Å². The number of ether oxygens (including phenoxy) is 1. The molecule has 0 amide bonds. The Kier molecular flexibility index (Phi) is 7.21. The Hall–Kier alpha value is -1.19. The summed E-state index contributed by atoms with van der Waals surface area (Å²) in [5.41, 5.74) is 0.546. The van der Waals surface area contributed by atoms with Crippen molar-refractivity contribution < 1.29 is 13.2 Å². The molecule has 0 saturated heterocycles. The predicted octanol–water partition coefficient (Wildman–Crippen LogP) is 2.56. The van der Waals surface area contributed by atoms with Gasteiger partial charge in [-0.25, -0.2) is 13.6 Å².